The second-order valence-corrected chi connectivity index (χ2v) is 8.15. The Bertz CT molecular complexity index is 1140. The van der Waals surface area contributed by atoms with Crippen LogP contribution in [0.2, 0.25) is 0 Å². The maximum absolute atomic E-state index is 12.4. The lowest BCUT2D eigenvalue weighted by atomic mass is 10.0. The summed E-state index contributed by atoms with van der Waals surface area (Å²) in [5.74, 6) is 1.43. The zero-order valence-corrected chi connectivity index (χ0v) is 18.6. The van der Waals surface area contributed by atoms with Crippen LogP contribution in [0.15, 0.2) is 48.5 Å². The summed E-state index contributed by atoms with van der Waals surface area (Å²) in [7, 11) is 1.61. The van der Waals surface area contributed by atoms with Gasteiger partial charge in [0.05, 0.1) is 24.5 Å². The first-order chi connectivity index (χ1) is 16.2. The van der Waals surface area contributed by atoms with Gasteiger partial charge in [-0.05, 0) is 42.8 Å². The fraction of sp³-hybridized carbons (Fsp3) is 0.333. The molecule has 1 amide bonds. The van der Waals surface area contributed by atoms with Crippen LogP contribution in [-0.2, 0) is 0 Å². The van der Waals surface area contributed by atoms with Crippen LogP contribution >= 0.6 is 0 Å². The van der Waals surface area contributed by atoms with Gasteiger partial charge in [-0.3, -0.25) is 9.69 Å². The lowest BCUT2D eigenvalue weighted by Gasteiger charge is -2.36. The lowest BCUT2D eigenvalue weighted by molar-refractivity contribution is 0.0993. The number of carbonyl (C=O) groups is 1. The van der Waals surface area contributed by atoms with Crippen molar-refractivity contribution in [1.82, 2.24) is 20.0 Å². The molecule has 2 aliphatic rings. The van der Waals surface area contributed by atoms with Crippen molar-refractivity contribution in [3.05, 3.63) is 59.9 Å². The molecule has 3 heterocycles. The van der Waals surface area contributed by atoms with Crippen LogP contribution in [0.1, 0.15) is 28.6 Å². The van der Waals surface area contributed by atoms with Crippen LogP contribution in [0.25, 0.3) is 5.69 Å². The first-order valence-electron chi connectivity index (χ1n) is 11.2. The third kappa shape index (κ3) is 4.12. The topological polar surface area (TPSA) is 107 Å². The number of para-hydroxylation sites is 2. The molecule has 3 aromatic rings. The van der Waals surface area contributed by atoms with E-state index in [9.17, 15) is 4.79 Å². The number of nitrogens with zero attached hydrogens (tertiary/aromatic N) is 3. The molecule has 0 saturated carbocycles. The Labute approximate surface area is 192 Å². The molecule has 0 aliphatic carbocycles. The van der Waals surface area contributed by atoms with Gasteiger partial charge >= 0.3 is 0 Å². The van der Waals surface area contributed by atoms with E-state index in [2.05, 4.69) is 15.5 Å². The molecule has 0 spiro atoms. The Kier molecular flexibility index (Phi) is 5.89. The molecule has 4 N–H and O–H groups in total. The van der Waals surface area contributed by atoms with E-state index in [1.54, 1.807) is 11.8 Å². The molecular weight excluding hydrogens is 420 g/mol. The number of piperazine rings is 1. The summed E-state index contributed by atoms with van der Waals surface area (Å²) < 4.78 is 13.0. The third-order valence-electron chi connectivity index (χ3n) is 6.15. The van der Waals surface area contributed by atoms with Gasteiger partial charge in [-0.2, -0.15) is 5.10 Å². The molecule has 0 radical (unpaired) electrons. The first-order valence-corrected chi connectivity index (χ1v) is 11.2. The Hall–Kier alpha value is -3.56. The van der Waals surface area contributed by atoms with Gasteiger partial charge in [0.2, 0.25) is 0 Å². The van der Waals surface area contributed by atoms with Gasteiger partial charge in [0, 0.05) is 32.7 Å². The highest BCUT2D eigenvalue weighted by Crippen LogP contribution is 2.37. The van der Waals surface area contributed by atoms with Crippen molar-refractivity contribution in [1.29, 1.82) is 0 Å². The largest absolute Gasteiger partial charge is 0.493 e. The molecule has 9 heteroatoms. The second kappa shape index (κ2) is 9.13. The fourth-order valence-electron chi connectivity index (χ4n) is 4.56. The predicted octanol–water partition coefficient (Wildman–Crippen LogP) is 2.53. The molecule has 0 unspecified atom stereocenters. The van der Waals surface area contributed by atoms with E-state index in [1.807, 2.05) is 48.5 Å². The number of amides is 1. The van der Waals surface area contributed by atoms with Gasteiger partial charge in [0.25, 0.3) is 5.91 Å². The number of aromatic nitrogens is 2. The maximum Gasteiger partial charge on any atom is 0.269 e. The zero-order valence-electron chi connectivity index (χ0n) is 18.6. The Morgan fingerprint density at radius 3 is 2.48 bits per heavy atom. The van der Waals surface area contributed by atoms with Crippen molar-refractivity contribution < 1.29 is 14.3 Å². The van der Waals surface area contributed by atoms with Crippen molar-refractivity contribution in [2.75, 3.05) is 45.2 Å². The van der Waals surface area contributed by atoms with Crippen LogP contribution in [0.4, 0.5) is 5.69 Å². The van der Waals surface area contributed by atoms with E-state index in [-0.39, 0.29) is 6.04 Å². The summed E-state index contributed by atoms with van der Waals surface area (Å²) >= 11 is 0. The lowest BCUT2D eigenvalue weighted by Crippen LogP contribution is -2.46. The molecular formula is C24H28N6O3. The predicted molar refractivity (Wildman–Crippen MR) is 125 cm³/mol. The second-order valence-electron chi connectivity index (χ2n) is 8.15. The molecule has 1 aromatic heterocycles. The summed E-state index contributed by atoms with van der Waals surface area (Å²) in [5, 5.41) is 11.6. The number of rotatable bonds is 6. The number of benzene rings is 2. The number of anilines is 1. The minimum Gasteiger partial charge on any atom is -0.493 e. The number of ether oxygens (including phenoxy) is 2. The molecule has 0 bridgehead atoms. The number of hydrogen-bond acceptors (Lipinski definition) is 7. The van der Waals surface area contributed by atoms with Crippen LogP contribution in [0.5, 0.6) is 17.2 Å². The molecule has 5 rings (SSSR count). The monoisotopic (exact) mass is 448 g/mol. The number of nitrogens with one attached hydrogen (secondary N) is 2. The molecule has 1 fully saturated rings. The van der Waals surface area contributed by atoms with E-state index in [0.29, 0.717) is 22.9 Å². The number of fused-ring (bicyclic) bond motifs is 1. The summed E-state index contributed by atoms with van der Waals surface area (Å²) in [4.78, 5) is 14.9. The Morgan fingerprint density at radius 1 is 1.06 bits per heavy atom. The van der Waals surface area contributed by atoms with Crippen LogP contribution in [-0.4, -0.2) is 60.4 Å². The van der Waals surface area contributed by atoms with E-state index < -0.39 is 5.91 Å². The van der Waals surface area contributed by atoms with Gasteiger partial charge in [-0.15, -0.1) is 0 Å². The van der Waals surface area contributed by atoms with Crippen LogP contribution < -0.4 is 25.8 Å². The van der Waals surface area contributed by atoms with Gasteiger partial charge in [-0.25, -0.2) is 4.68 Å². The molecule has 2 aliphatic heterocycles. The van der Waals surface area contributed by atoms with E-state index in [1.165, 1.54) is 0 Å². The van der Waals surface area contributed by atoms with Gasteiger partial charge in [0.15, 0.2) is 17.2 Å². The average Bonchev–Trinajstić information content (AvgIpc) is 3.25. The van der Waals surface area contributed by atoms with Crippen LogP contribution in [0, 0.1) is 0 Å². The number of hydrogen-bond donors (Lipinski definition) is 3. The normalized spacial score (nSPS) is 18.3. The third-order valence-corrected chi connectivity index (χ3v) is 6.15. The van der Waals surface area contributed by atoms with Gasteiger partial charge < -0.3 is 25.8 Å². The summed E-state index contributed by atoms with van der Waals surface area (Å²) in [6.45, 7) is 4.60. The minimum atomic E-state index is -0.508. The van der Waals surface area contributed by atoms with Crippen molar-refractivity contribution in [2.24, 2.45) is 5.73 Å². The Balaban J connectivity index is 1.46. The average molecular weight is 449 g/mol. The van der Waals surface area contributed by atoms with Gasteiger partial charge in [-0.1, -0.05) is 12.1 Å². The summed E-state index contributed by atoms with van der Waals surface area (Å²) in [5.41, 5.74) is 8.55. The molecule has 172 valence electrons. The molecule has 1 saturated heterocycles. The number of methoxy groups -OCH3 is 1. The van der Waals surface area contributed by atoms with Crippen molar-refractivity contribution in [3.8, 4) is 22.9 Å². The number of nitrogens with two attached hydrogens (primary N) is 1. The first kappa shape index (κ1) is 21.3. The maximum atomic E-state index is 12.4. The smallest absolute Gasteiger partial charge is 0.269 e. The van der Waals surface area contributed by atoms with Crippen LogP contribution in [0.3, 0.4) is 0 Å². The summed E-state index contributed by atoms with van der Waals surface area (Å²) in [6.07, 6.45) is 0.938. The van der Waals surface area contributed by atoms with E-state index in [0.717, 1.165) is 56.2 Å². The summed E-state index contributed by atoms with van der Waals surface area (Å²) in [6, 6.07) is 15.1. The molecule has 33 heavy (non-hydrogen) atoms. The van der Waals surface area contributed by atoms with Crippen molar-refractivity contribution in [2.45, 2.75) is 12.5 Å². The highest BCUT2D eigenvalue weighted by atomic mass is 16.5. The van der Waals surface area contributed by atoms with Gasteiger partial charge in [0.1, 0.15) is 11.4 Å². The minimum absolute atomic E-state index is 0.163. The Morgan fingerprint density at radius 2 is 1.79 bits per heavy atom. The SMILES string of the molecule is COc1ccccc1Oc1ccc(-n2nc3c(c2C(N)=O)NCC[C@@H]3N2CCNCC2)cc1. The van der Waals surface area contributed by atoms with E-state index >= 15 is 0 Å². The zero-order chi connectivity index (χ0) is 22.8. The van der Waals surface area contributed by atoms with E-state index in [4.69, 9.17) is 20.3 Å². The fourth-order valence-corrected chi connectivity index (χ4v) is 4.56. The van der Waals surface area contributed by atoms with Crippen molar-refractivity contribution in [3.63, 3.8) is 0 Å². The highest BCUT2D eigenvalue weighted by molar-refractivity contribution is 5.98. The number of carbonyl (C=O) groups excluding carboxylic acids is 1. The molecule has 2 aromatic carbocycles. The van der Waals surface area contributed by atoms with Crippen molar-refractivity contribution >= 4 is 11.6 Å². The quantitative estimate of drug-likeness (QED) is 0.532. The molecule has 1 atom stereocenters. The molecule has 9 nitrogen and oxygen atoms in total. The standard InChI is InChI=1S/C24H28N6O3/c1-32-19-4-2-3-5-20(19)33-17-8-6-16(7-9-17)30-23(24(25)31)22-21(28-30)18(10-11-27-22)29-14-12-26-13-15-29/h2-9,18,26-27H,10-15H2,1H3,(H2,25,31)/t18-/m0/s1. The highest BCUT2D eigenvalue weighted by Gasteiger charge is 2.34. The number of primary amides is 1.